The summed E-state index contributed by atoms with van der Waals surface area (Å²) in [5.41, 5.74) is -0.662. The fraction of sp³-hybridized carbons (Fsp3) is 0.391. The number of rotatable bonds is 4. The SMILES string of the molecule is CCc1cc(Oc2ccc(Cl)c(F)c2)ccc1C1C(=O)C(C)(C)OC(C)(C)C1=O. The van der Waals surface area contributed by atoms with Crippen LogP contribution in [0.4, 0.5) is 4.39 Å². The Hall–Kier alpha value is -2.24. The Balaban J connectivity index is 1.99. The van der Waals surface area contributed by atoms with Gasteiger partial charge < -0.3 is 9.47 Å². The number of aryl methyl sites for hydroxylation is 1. The summed E-state index contributed by atoms with van der Waals surface area (Å²) in [4.78, 5) is 26.1. The molecule has 6 heteroatoms. The largest absolute Gasteiger partial charge is 0.457 e. The van der Waals surface area contributed by atoms with E-state index < -0.39 is 22.9 Å². The van der Waals surface area contributed by atoms with E-state index in [9.17, 15) is 14.0 Å². The van der Waals surface area contributed by atoms with Crippen molar-refractivity contribution in [2.24, 2.45) is 0 Å². The van der Waals surface area contributed by atoms with Gasteiger partial charge in [0.25, 0.3) is 0 Å². The van der Waals surface area contributed by atoms with Crippen LogP contribution in [0, 0.1) is 5.82 Å². The van der Waals surface area contributed by atoms with Crippen LogP contribution in [0.5, 0.6) is 11.5 Å². The van der Waals surface area contributed by atoms with E-state index in [-0.39, 0.29) is 16.6 Å². The molecule has 2 aromatic carbocycles. The molecule has 0 radical (unpaired) electrons. The summed E-state index contributed by atoms with van der Waals surface area (Å²) in [5, 5.41) is 0.0173. The molecule has 154 valence electrons. The summed E-state index contributed by atoms with van der Waals surface area (Å²) in [6, 6.07) is 9.39. The van der Waals surface area contributed by atoms with Gasteiger partial charge in [0.2, 0.25) is 0 Å². The minimum Gasteiger partial charge on any atom is -0.457 e. The van der Waals surface area contributed by atoms with E-state index in [0.29, 0.717) is 23.5 Å². The van der Waals surface area contributed by atoms with E-state index in [1.54, 1.807) is 52.0 Å². The van der Waals surface area contributed by atoms with Gasteiger partial charge in [0, 0.05) is 6.07 Å². The van der Waals surface area contributed by atoms with Crippen molar-refractivity contribution in [2.75, 3.05) is 0 Å². The van der Waals surface area contributed by atoms with Crippen LogP contribution in [0.1, 0.15) is 51.7 Å². The lowest BCUT2D eigenvalue weighted by molar-refractivity contribution is -0.184. The molecular weight excluding hydrogens is 395 g/mol. The number of benzene rings is 2. The van der Waals surface area contributed by atoms with Crippen molar-refractivity contribution < 1.29 is 23.5 Å². The first-order valence-electron chi connectivity index (χ1n) is 9.51. The number of carbonyl (C=O) groups is 2. The normalized spacial score (nSPS) is 18.7. The van der Waals surface area contributed by atoms with Gasteiger partial charge in [0.1, 0.15) is 34.4 Å². The summed E-state index contributed by atoms with van der Waals surface area (Å²) in [7, 11) is 0. The van der Waals surface area contributed by atoms with Crippen molar-refractivity contribution >= 4 is 23.2 Å². The van der Waals surface area contributed by atoms with Gasteiger partial charge in [-0.15, -0.1) is 0 Å². The van der Waals surface area contributed by atoms with Gasteiger partial charge in [-0.3, -0.25) is 9.59 Å². The molecule has 1 saturated heterocycles. The minimum absolute atomic E-state index is 0.0173. The quantitative estimate of drug-likeness (QED) is 0.602. The van der Waals surface area contributed by atoms with Crippen LogP contribution in [-0.2, 0) is 20.7 Å². The Morgan fingerprint density at radius 1 is 1.00 bits per heavy atom. The second-order valence-corrected chi connectivity index (χ2v) is 8.58. The number of halogens is 2. The Morgan fingerprint density at radius 2 is 1.55 bits per heavy atom. The zero-order valence-electron chi connectivity index (χ0n) is 17.1. The highest BCUT2D eigenvalue weighted by Gasteiger charge is 2.53. The summed E-state index contributed by atoms with van der Waals surface area (Å²) < 4.78 is 25.2. The third-order valence-corrected chi connectivity index (χ3v) is 5.46. The second kappa shape index (κ2) is 7.54. The molecule has 3 rings (SSSR count). The van der Waals surface area contributed by atoms with Crippen molar-refractivity contribution in [1.82, 2.24) is 0 Å². The van der Waals surface area contributed by atoms with Crippen molar-refractivity contribution in [2.45, 2.75) is 58.2 Å². The fourth-order valence-electron chi connectivity index (χ4n) is 3.75. The molecule has 1 aliphatic heterocycles. The molecule has 1 fully saturated rings. The Labute approximate surface area is 175 Å². The number of hydrogen-bond acceptors (Lipinski definition) is 4. The standard InChI is InChI=1S/C23H24ClFO4/c1-6-13-11-14(28-15-8-10-17(24)18(25)12-15)7-9-16(13)19-20(26)22(2,3)29-23(4,5)21(19)27/h7-12,19H,6H2,1-5H3. The van der Waals surface area contributed by atoms with Crippen LogP contribution < -0.4 is 4.74 Å². The molecule has 29 heavy (non-hydrogen) atoms. The molecule has 1 heterocycles. The molecule has 0 spiro atoms. The second-order valence-electron chi connectivity index (χ2n) is 8.18. The predicted octanol–water partition coefficient (Wildman–Crippen LogP) is 5.64. The minimum atomic E-state index is -1.07. The van der Waals surface area contributed by atoms with Gasteiger partial charge in [0.05, 0.1) is 5.02 Å². The molecule has 4 nitrogen and oxygen atoms in total. The van der Waals surface area contributed by atoms with Crippen LogP contribution in [0.2, 0.25) is 5.02 Å². The number of ketones is 2. The van der Waals surface area contributed by atoms with Gasteiger partial charge in [-0.05, 0) is 69.5 Å². The maximum absolute atomic E-state index is 13.7. The molecule has 0 bridgehead atoms. The number of Topliss-reactive ketones (excluding diaryl/α,β-unsaturated/α-hetero) is 2. The van der Waals surface area contributed by atoms with Gasteiger partial charge in [-0.2, -0.15) is 0 Å². The van der Waals surface area contributed by atoms with Crippen molar-refractivity contribution in [1.29, 1.82) is 0 Å². The summed E-state index contributed by atoms with van der Waals surface area (Å²) >= 11 is 5.71. The molecule has 0 aromatic heterocycles. The average molecular weight is 419 g/mol. The van der Waals surface area contributed by atoms with Crippen LogP contribution in [0.15, 0.2) is 36.4 Å². The fourth-order valence-corrected chi connectivity index (χ4v) is 3.86. The molecule has 0 unspecified atom stereocenters. The van der Waals surface area contributed by atoms with Gasteiger partial charge >= 0.3 is 0 Å². The molecule has 0 aliphatic carbocycles. The van der Waals surface area contributed by atoms with Crippen LogP contribution >= 0.6 is 11.6 Å². The molecule has 0 N–H and O–H groups in total. The van der Waals surface area contributed by atoms with E-state index in [2.05, 4.69) is 0 Å². The van der Waals surface area contributed by atoms with Crippen LogP contribution in [0.25, 0.3) is 0 Å². The Bertz CT molecular complexity index is 955. The number of carbonyl (C=O) groups excluding carboxylic acids is 2. The van der Waals surface area contributed by atoms with E-state index in [0.717, 1.165) is 5.56 Å². The number of ether oxygens (including phenoxy) is 2. The maximum atomic E-state index is 13.7. The van der Waals surface area contributed by atoms with E-state index in [4.69, 9.17) is 21.1 Å². The first-order chi connectivity index (χ1) is 13.5. The summed E-state index contributed by atoms with van der Waals surface area (Å²) in [5.74, 6) is -1.19. The van der Waals surface area contributed by atoms with E-state index >= 15 is 0 Å². The topological polar surface area (TPSA) is 52.6 Å². The molecule has 0 atom stereocenters. The van der Waals surface area contributed by atoms with Crippen molar-refractivity contribution in [3.63, 3.8) is 0 Å². The zero-order chi connectivity index (χ0) is 21.6. The highest BCUT2D eigenvalue weighted by atomic mass is 35.5. The summed E-state index contributed by atoms with van der Waals surface area (Å²) in [6.07, 6.45) is 0.598. The monoisotopic (exact) mass is 418 g/mol. The lowest BCUT2D eigenvalue weighted by Crippen LogP contribution is -2.58. The van der Waals surface area contributed by atoms with E-state index in [1.165, 1.54) is 12.1 Å². The molecule has 0 saturated carbocycles. The molecule has 2 aromatic rings. The van der Waals surface area contributed by atoms with Crippen LogP contribution in [-0.4, -0.2) is 22.8 Å². The first kappa shape index (κ1) is 21.5. The van der Waals surface area contributed by atoms with Gasteiger partial charge in [-0.25, -0.2) is 4.39 Å². The van der Waals surface area contributed by atoms with Gasteiger partial charge in [0.15, 0.2) is 11.6 Å². The van der Waals surface area contributed by atoms with Crippen molar-refractivity contribution in [3.8, 4) is 11.5 Å². The Morgan fingerprint density at radius 3 is 2.10 bits per heavy atom. The summed E-state index contributed by atoms with van der Waals surface area (Å²) in [6.45, 7) is 8.70. The molecule has 0 amide bonds. The molecule has 1 aliphatic rings. The highest BCUT2D eigenvalue weighted by Crippen LogP contribution is 2.40. The van der Waals surface area contributed by atoms with Crippen LogP contribution in [0.3, 0.4) is 0 Å². The van der Waals surface area contributed by atoms with Crippen molar-refractivity contribution in [3.05, 3.63) is 58.4 Å². The maximum Gasteiger partial charge on any atom is 0.179 e. The van der Waals surface area contributed by atoms with E-state index in [1.807, 2.05) is 6.92 Å². The third-order valence-electron chi connectivity index (χ3n) is 5.15. The lowest BCUT2D eigenvalue weighted by Gasteiger charge is -2.43. The number of hydrogen-bond donors (Lipinski definition) is 0. The van der Waals surface area contributed by atoms with Gasteiger partial charge in [-0.1, -0.05) is 24.6 Å². The highest BCUT2D eigenvalue weighted by molar-refractivity contribution is 6.30. The smallest absolute Gasteiger partial charge is 0.179 e. The third kappa shape index (κ3) is 4.07. The average Bonchev–Trinajstić information content (AvgIpc) is 2.63. The molecular formula is C23H24ClFO4. The zero-order valence-corrected chi connectivity index (χ0v) is 17.9. The Kier molecular flexibility index (Phi) is 5.58. The first-order valence-corrected chi connectivity index (χ1v) is 9.88. The lowest BCUT2D eigenvalue weighted by atomic mass is 9.74. The predicted molar refractivity (Wildman–Crippen MR) is 109 cm³/mol.